The highest BCUT2D eigenvalue weighted by atomic mass is 35.5. The molecule has 0 bridgehead atoms. The van der Waals surface area contributed by atoms with E-state index in [9.17, 15) is 4.39 Å². The fraction of sp³-hybridized carbons (Fsp3) is 0.222. The number of nitrogens with two attached hydrogens (primary N) is 1. The van der Waals surface area contributed by atoms with Gasteiger partial charge in [0.2, 0.25) is 11.9 Å². The number of aromatic nitrogens is 3. The summed E-state index contributed by atoms with van der Waals surface area (Å²) in [6.45, 7) is 2.04. The fourth-order valence-corrected chi connectivity index (χ4v) is 3.57. The molecule has 3 N–H and O–H groups in total. The van der Waals surface area contributed by atoms with Crippen molar-refractivity contribution in [3.8, 4) is 0 Å². The van der Waals surface area contributed by atoms with Crippen molar-refractivity contribution in [3.63, 3.8) is 0 Å². The molecule has 1 aliphatic rings. The minimum absolute atomic E-state index is 0.0441. The lowest BCUT2D eigenvalue weighted by molar-refractivity contribution is 0.416. The normalized spacial score (nSPS) is 19.3. The van der Waals surface area contributed by atoms with Gasteiger partial charge in [-0.1, -0.05) is 47.5 Å². The molecule has 2 atom stereocenters. The van der Waals surface area contributed by atoms with E-state index in [4.69, 9.17) is 17.3 Å². The van der Waals surface area contributed by atoms with Crippen LogP contribution >= 0.6 is 11.6 Å². The number of nitrogens with one attached hydrogen (secondary N) is 1. The Labute approximate surface area is 149 Å². The monoisotopic (exact) mass is 357 g/mol. The van der Waals surface area contributed by atoms with Crippen molar-refractivity contribution in [1.82, 2.24) is 14.8 Å². The fourth-order valence-electron chi connectivity index (χ4n) is 3.28. The van der Waals surface area contributed by atoms with Crippen molar-refractivity contribution in [2.45, 2.75) is 25.4 Å². The Balaban J connectivity index is 1.81. The summed E-state index contributed by atoms with van der Waals surface area (Å²) in [6.07, 6.45) is 0.583. The first-order valence-electron chi connectivity index (χ1n) is 8.02. The van der Waals surface area contributed by atoms with Gasteiger partial charge in [-0.15, -0.1) is 5.10 Å². The quantitative estimate of drug-likeness (QED) is 0.724. The van der Waals surface area contributed by atoms with Crippen LogP contribution in [0.5, 0.6) is 0 Å². The number of fused-ring (bicyclic) bond motifs is 1. The number of rotatable bonds is 2. The molecule has 5 nitrogen and oxygen atoms in total. The Hall–Kier alpha value is -2.60. The number of halogens is 2. The van der Waals surface area contributed by atoms with Gasteiger partial charge in [0.05, 0.1) is 12.1 Å². The molecule has 0 unspecified atom stereocenters. The van der Waals surface area contributed by atoms with Gasteiger partial charge in [0.15, 0.2) is 0 Å². The van der Waals surface area contributed by atoms with Crippen LogP contribution < -0.4 is 11.1 Å². The second-order valence-corrected chi connectivity index (χ2v) is 6.64. The predicted molar refractivity (Wildman–Crippen MR) is 96.1 cm³/mol. The van der Waals surface area contributed by atoms with Gasteiger partial charge in [-0.25, -0.2) is 9.07 Å². The maximum Gasteiger partial charge on any atom is 0.241 e. The Kier molecular flexibility index (Phi) is 3.84. The van der Waals surface area contributed by atoms with Crippen molar-refractivity contribution in [3.05, 3.63) is 70.0 Å². The molecule has 0 spiro atoms. The molecular formula is C18H17ClFN5. The van der Waals surface area contributed by atoms with Gasteiger partial charge in [-0.05, 0) is 31.0 Å². The molecule has 2 heterocycles. The topological polar surface area (TPSA) is 68.8 Å². The number of anilines is 2. The molecule has 0 amide bonds. The standard InChI is InChI=1S/C18H17ClFN5/c1-10-5-7-11(8-6-10)14-9-15(16-12(19)3-2-4-13(16)20)25-18(22-14)23-17(21)24-25/h2-8,14-15H,9H2,1H3,(H3,21,22,23,24)/t14-,15-/m0/s1. The van der Waals surface area contributed by atoms with E-state index in [1.807, 2.05) is 6.92 Å². The highest BCUT2D eigenvalue weighted by molar-refractivity contribution is 6.31. The van der Waals surface area contributed by atoms with Crippen molar-refractivity contribution in [2.24, 2.45) is 0 Å². The zero-order valence-electron chi connectivity index (χ0n) is 13.6. The second kappa shape index (κ2) is 6.04. The van der Waals surface area contributed by atoms with Crippen LogP contribution in [0.15, 0.2) is 42.5 Å². The third-order valence-electron chi connectivity index (χ3n) is 4.52. The lowest BCUT2D eigenvalue weighted by atomic mass is 9.92. The first-order chi connectivity index (χ1) is 12.0. The van der Waals surface area contributed by atoms with Crippen molar-refractivity contribution in [2.75, 3.05) is 11.1 Å². The van der Waals surface area contributed by atoms with E-state index in [0.29, 0.717) is 23.0 Å². The van der Waals surface area contributed by atoms with Crippen LogP contribution in [-0.2, 0) is 0 Å². The van der Waals surface area contributed by atoms with Gasteiger partial charge in [0.1, 0.15) is 5.82 Å². The summed E-state index contributed by atoms with van der Waals surface area (Å²) < 4.78 is 16.1. The van der Waals surface area contributed by atoms with Crippen molar-refractivity contribution < 1.29 is 4.39 Å². The molecule has 128 valence electrons. The number of hydrogen-bond donors (Lipinski definition) is 2. The van der Waals surface area contributed by atoms with Gasteiger partial charge >= 0.3 is 0 Å². The van der Waals surface area contributed by atoms with Crippen molar-refractivity contribution in [1.29, 1.82) is 0 Å². The molecule has 0 aliphatic carbocycles. The number of aryl methyl sites for hydroxylation is 1. The van der Waals surface area contributed by atoms with E-state index in [0.717, 1.165) is 5.56 Å². The van der Waals surface area contributed by atoms with E-state index < -0.39 is 0 Å². The zero-order valence-corrected chi connectivity index (χ0v) is 14.3. The summed E-state index contributed by atoms with van der Waals surface area (Å²) in [5.74, 6) is 0.297. The van der Waals surface area contributed by atoms with Gasteiger partial charge < -0.3 is 11.1 Å². The summed E-state index contributed by atoms with van der Waals surface area (Å²) in [5.41, 5.74) is 8.45. The number of benzene rings is 2. The average Bonchev–Trinajstić information content (AvgIpc) is 2.95. The first-order valence-corrected chi connectivity index (χ1v) is 8.40. The van der Waals surface area contributed by atoms with E-state index in [-0.39, 0.29) is 23.8 Å². The molecule has 0 radical (unpaired) electrons. The molecule has 1 aromatic heterocycles. The third kappa shape index (κ3) is 2.82. The van der Waals surface area contributed by atoms with E-state index in [1.165, 1.54) is 11.6 Å². The number of nitrogens with zero attached hydrogens (tertiary/aromatic N) is 3. The lowest BCUT2D eigenvalue weighted by Gasteiger charge is -2.32. The Morgan fingerprint density at radius 3 is 2.72 bits per heavy atom. The number of nitrogen functional groups attached to an aromatic ring is 1. The van der Waals surface area contributed by atoms with Crippen LogP contribution in [0.2, 0.25) is 5.02 Å². The molecule has 0 saturated carbocycles. The second-order valence-electron chi connectivity index (χ2n) is 6.23. The summed E-state index contributed by atoms with van der Waals surface area (Å²) in [6, 6.07) is 12.5. The highest BCUT2D eigenvalue weighted by Gasteiger charge is 2.33. The molecule has 0 fully saturated rings. The van der Waals surface area contributed by atoms with Crippen LogP contribution in [0, 0.1) is 12.7 Å². The summed E-state index contributed by atoms with van der Waals surface area (Å²) in [7, 11) is 0. The Morgan fingerprint density at radius 1 is 1.24 bits per heavy atom. The van der Waals surface area contributed by atoms with Gasteiger partial charge in [-0.3, -0.25) is 0 Å². The van der Waals surface area contributed by atoms with Crippen LogP contribution in [0.1, 0.15) is 35.2 Å². The maximum atomic E-state index is 14.5. The first kappa shape index (κ1) is 15.9. The van der Waals surface area contributed by atoms with Gasteiger partial charge in [0.25, 0.3) is 0 Å². The molecule has 1 aliphatic heterocycles. The minimum Gasteiger partial charge on any atom is -0.366 e. The summed E-state index contributed by atoms with van der Waals surface area (Å²) in [5, 5.41) is 7.94. The smallest absolute Gasteiger partial charge is 0.241 e. The summed E-state index contributed by atoms with van der Waals surface area (Å²) >= 11 is 6.30. The zero-order chi connectivity index (χ0) is 17.6. The summed E-state index contributed by atoms with van der Waals surface area (Å²) in [4.78, 5) is 4.23. The SMILES string of the molecule is Cc1ccc([C@@H]2C[C@@H](c3c(F)cccc3Cl)n3nc(N)nc3N2)cc1. The molecule has 0 saturated heterocycles. The molecule has 4 rings (SSSR count). The highest BCUT2D eigenvalue weighted by Crippen LogP contribution is 2.41. The van der Waals surface area contributed by atoms with E-state index in [2.05, 4.69) is 39.7 Å². The lowest BCUT2D eigenvalue weighted by Crippen LogP contribution is -2.28. The molecule has 3 aromatic rings. The largest absolute Gasteiger partial charge is 0.366 e. The van der Waals surface area contributed by atoms with Crippen LogP contribution in [-0.4, -0.2) is 14.8 Å². The van der Waals surface area contributed by atoms with Crippen LogP contribution in [0.4, 0.5) is 16.3 Å². The van der Waals surface area contributed by atoms with Gasteiger partial charge in [-0.2, -0.15) is 4.98 Å². The van der Waals surface area contributed by atoms with E-state index in [1.54, 1.807) is 16.8 Å². The third-order valence-corrected chi connectivity index (χ3v) is 4.85. The molecule has 2 aromatic carbocycles. The van der Waals surface area contributed by atoms with Crippen molar-refractivity contribution >= 4 is 23.5 Å². The average molecular weight is 358 g/mol. The molecule has 25 heavy (non-hydrogen) atoms. The van der Waals surface area contributed by atoms with Gasteiger partial charge in [0, 0.05) is 10.6 Å². The Morgan fingerprint density at radius 2 is 2.00 bits per heavy atom. The predicted octanol–water partition coefficient (Wildman–Crippen LogP) is 4.11. The number of hydrogen-bond acceptors (Lipinski definition) is 4. The van der Waals surface area contributed by atoms with Crippen LogP contribution in [0.25, 0.3) is 0 Å². The molecule has 7 heteroatoms. The van der Waals surface area contributed by atoms with E-state index >= 15 is 0 Å². The Bertz CT molecular complexity index is 901. The van der Waals surface area contributed by atoms with Crippen LogP contribution in [0.3, 0.4) is 0 Å². The molecular weight excluding hydrogens is 341 g/mol. The minimum atomic E-state index is -0.388. The maximum absolute atomic E-state index is 14.5.